The quantitative estimate of drug-likeness (QED) is 0.745. The van der Waals surface area contributed by atoms with Crippen molar-refractivity contribution in [1.82, 2.24) is 4.90 Å². The first-order valence-corrected chi connectivity index (χ1v) is 8.85. The SMILES string of the molecule is C#CCN(C(=O)[C@@H]1CCC[C@@H]1C(=O)O)C1CCS(=O)(=O)C1. The molecular weight excluding hydrogens is 294 g/mol. The van der Waals surface area contributed by atoms with Gasteiger partial charge in [-0.3, -0.25) is 9.59 Å². The van der Waals surface area contributed by atoms with Crippen molar-refractivity contribution in [3.8, 4) is 12.3 Å². The van der Waals surface area contributed by atoms with Crippen molar-refractivity contribution in [2.45, 2.75) is 31.7 Å². The van der Waals surface area contributed by atoms with E-state index in [1.807, 2.05) is 0 Å². The van der Waals surface area contributed by atoms with Crippen LogP contribution < -0.4 is 0 Å². The molecular formula is C14H19NO5S. The molecule has 1 saturated heterocycles. The predicted octanol–water partition coefficient (Wildman–Crippen LogP) is 0.136. The molecule has 1 aliphatic heterocycles. The number of hydrogen-bond acceptors (Lipinski definition) is 4. The van der Waals surface area contributed by atoms with Crippen LogP contribution in [0.5, 0.6) is 0 Å². The highest BCUT2D eigenvalue weighted by Crippen LogP contribution is 2.34. The molecule has 2 fully saturated rings. The third kappa shape index (κ3) is 3.38. The second kappa shape index (κ2) is 6.06. The average Bonchev–Trinajstić information content (AvgIpc) is 3.01. The van der Waals surface area contributed by atoms with Crippen LogP contribution in [0.4, 0.5) is 0 Å². The largest absolute Gasteiger partial charge is 0.481 e. The molecule has 1 unspecified atom stereocenters. The molecule has 0 bridgehead atoms. The molecule has 0 aromatic rings. The van der Waals surface area contributed by atoms with E-state index in [9.17, 15) is 23.1 Å². The maximum Gasteiger partial charge on any atom is 0.307 e. The highest BCUT2D eigenvalue weighted by molar-refractivity contribution is 7.91. The van der Waals surface area contributed by atoms with Crippen molar-refractivity contribution in [2.24, 2.45) is 11.8 Å². The van der Waals surface area contributed by atoms with E-state index in [-0.39, 0.29) is 24.0 Å². The Bertz CT molecular complexity index is 577. The zero-order chi connectivity index (χ0) is 15.6. The summed E-state index contributed by atoms with van der Waals surface area (Å²) in [5.74, 6) is -0.182. The number of aliphatic carboxylic acids is 1. The van der Waals surface area contributed by atoms with Crippen molar-refractivity contribution in [1.29, 1.82) is 0 Å². The van der Waals surface area contributed by atoms with Crippen LogP contribution in [0.1, 0.15) is 25.7 Å². The Morgan fingerprint density at radius 2 is 1.90 bits per heavy atom. The van der Waals surface area contributed by atoms with E-state index in [1.165, 1.54) is 4.90 Å². The highest BCUT2D eigenvalue weighted by Gasteiger charge is 2.43. The molecule has 0 aromatic carbocycles. The van der Waals surface area contributed by atoms with Crippen LogP contribution in [-0.2, 0) is 19.4 Å². The van der Waals surface area contributed by atoms with Gasteiger partial charge in [0.2, 0.25) is 5.91 Å². The molecule has 1 heterocycles. The third-order valence-corrected chi connectivity index (χ3v) is 6.09. The number of rotatable bonds is 4. The van der Waals surface area contributed by atoms with Crippen LogP contribution >= 0.6 is 0 Å². The van der Waals surface area contributed by atoms with Crippen LogP contribution in [0.2, 0.25) is 0 Å². The lowest BCUT2D eigenvalue weighted by Gasteiger charge is -2.30. The van der Waals surface area contributed by atoms with E-state index in [1.54, 1.807) is 0 Å². The van der Waals surface area contributed by atoms with Gasteiger partial charge in [0.25, 0.3) is 0 Å². The summed E-state index contributed by atoms with van der Waals surface area (Å²) in [4.78, 5) is 25.2. The molecule has 0 radical (unpaired) electrons. The molecule has 3 atom stereocenters. The van der Waals surface area contributed by atoms with E-state index in [4.69, 9.17) is 6.42 Å². The van der Waals surface area contributed by atoms with Gasteiger partial charge in [0, 0.05) is 6.04 Å². The summed E-state index contributed by atoms with van der Waals surface area (Å²) in [6, 6.07) is -0.423. The lowest BCUT2D eigenvalue weighted by atomic mass is 9.94. The second-order valence-electron chi connectivity index (χ2n) is 5.71. The maximum absolute atomic E-state index is 12.6. The Hall–Kier alpha value is -1.55. The summed E-state index contributed by atoms with van der Waals surface area (Å²) < 4.78 is 23.2. The minimum Gasteiger partial charge on any atom is -0.481 e. The lowest BCUT2D eigenvalue weighted by molar-refractivity contribution is -0.149. The van der Waals surface area contributed by atoms with E-state index >= 15 is 0 Å². The van der Waals surface area contributed by atoms with Gasteiger partial charge >= 0.3 is 5.97 Å². The molecule has 2 rings (SSSR count). The first kappa shape index (κ1) is 15.8. The number of carbonyl (C=O) groups excluding carboxylic acids is 1. The smallest absolute Gasteiger partial charge is 0.307 e. The molecule has 1 N–H and O–H groups in total. The van der Waals surface area contributed by atoms with Gasteiger partial charge in [0.15, 0.2) is 9.84 Å². The third-order valence-electron chi connectivity index (χ3n) is 4.34. The summed E-state index contributed by atoms with van der Waals surface area (Å²) in [7, 11) is -3.12. The lowest BCUT2D eigenvalue weighted by Crippen LogP contribution is -2.46. The fourth-order valence-electron chi connectivity index (χ4n) is 3.27. The molecule has 2 aliphatic rings. The second-order valence-corrected chi connectivity index (χ2v) is 7.94. The standard InChI is InChI=1S/C14H19NO5S/c1-2-7-15(10-6-8-21(19,20)9-10)13(16)11-4-3-5-12(11)14(17)18/h1,10-12H,3-9H2,(H,17,18)/t10?,11-,12+/m1/s1. The zero-order valence-corrected chi connectivity index (χ0v) is 12.5. The number of sulfone groups is 1. The zero-order valence-electron chi connectivity index (χ0n) is 11.7. The number of carbonyl (C=O) groups is 2. The van der Waals surface area contributed by atoms with Gasteiger partial charge in [0.05, 0.1) is 29.9 Å². The van der Waals surface area contributed by atoms with E-state index in [2.05, 4.69) is 5.92 Å². The monoisotopic (exact) mass is 313 g/mol. The molecule has 1 saturated carbocycles. The molecule has 116 valence electrons. The number of hydrogen-bond donors (Lipinski definition) is 1. The van der Waals surface area contributed by atoms with Crippen LogP contribution in [0.25, 0.3) is 0 Å². The molecule has 0 spiro atoms. The summed E-state index contributed by atoms with van der Waals surface area (Å²) in [5.41, 5.74) is 0. The van der Waals surface area contributed by atoms with Crippen molar-refractivity contribution in [2.75, 3.05) is 18.1 Å². The predicted molar refractivity (Wildman–Crippen MR) is 76.1 cm³/mol. The minimum atomic E-state index is -3.12. The van der Waals surface area contributed by atoms with Crippen molar-refractivity contribution in [3.05, 3.63) is 0 Å². The van der Waals surface area contributed by atoms with E-state index in [0.29, 0.717) is 25.7 Å². The fraction of sp³-hybridized carbons (Fsp3) is 0.714. The Balaban J connectivity index is 2.17. The van der Waals surface area contributed by atoms with Gasteiger partial charge in [-0.15, -0.1) is 6.42 Å². The van der Waals surface area contributed by atoms with Gasteiger partial charge in [-0.1, -0.05) is 12.3 Å². The molecule has 7 heteroatoms. The summed E-state index contributed by atoms with van der Waals surface area (Å²) in [6.07, 6.45) is 7.36. The average molecular weight is 313 g/mol. The number of carboxylic acid groups (broad SMARTS) is 1. The van der Waals surface area contributed by atoms with Crippen LogP contribution in [-0.4, -0.2) is 54.4 Å². The first-order chi connectivity index (χ1) is 9.85. The number of terminal acetylenes is 1. The Labute approximate surface area is 124 Å². The fourth-order valence-corrected chi connectivity index (χ4v) is 5.00. The summed E-state index contributed by atoms with van der Waals surface area (Å²) in [6.45, 7) is 0.0296. The Morgan fingerprint density at radius 1 is 1.24 bits per heavy atom. The molecule has 1 amide bonds. The van der Waals surface area contributed by atoms with E-state index < -0.39 is 33.7 Å². The maximum atomic E-state index is 12.6. The first-order valence-electron chi connectivity index (χ1n) is 7.03. The molecule has 21 heavy (non-hydrogen) atoms. The number of carboxylic acids is 1. The van der Waals surface area contributed by atoms with Gasteiger partial charge in [-0.25, -0.2) is 8.42 Å². The molecule has 0 aromatic heterocycles. The molecule has 1 aliphatic carbocycles. The Kier molecular flexibility index (Phi) is 4.57. The van der Waals surface area contributed by atoms with Crippen molar-refractivity contribution in [3.63, 3.8) is 0 Å². The van der Waals surface area contributed by atoms with Gasteiger partial charge < -0.3 is 10.0 Å². The molecule has 6 nitrogen and oxygen atoms in total. The minimum absolute atomic E-state index is 0.0296. The summed E-state index contributed by atoms with van der Waals surface area (Å²) >= 11 is 0. The number of nitrogens with zero attached hydrogens (tertiary/aromatic N) is 1. The van der Waals surface area contributed by atoms with Crippen LogP contribution in [0, 0.1) is 24.2 Å². The topological polar surface area (TPSA) is 91.8 Å². The normalized spacial score (nSPS) is 30.7. The summed E-state index contributed by atoms with van der Waals surface area (Å²) in [5, 5.41) is 9.19. The van der Waals surface area contributed by atoms with Gasteiger partial charge in [-0.05, 0) is 19.3 Å². The number of amides is 1. The van der Waals surface area contributed by atoms with Crippen molar-refractivity contribution >= 4 is 21.7 Å². The van der Waals surface area contributed by atoms with E-state index in [0.717, 1.165) is 0 Å². The van der Waals surface area contributed by atoms with Gasteiger partial charge in [-0.2, -0.15) is 0 Å². The van der Waals surface area contributed by atoms with Crippen molar-refractivity contribution < 1.29 is 23.1 Å². The van der Waals surface area contributed by atoms with Crippen LogP contribution in [0.3, 0.4) is 0 Å². The van der Waals surface area contributed by atoms with Gasteiger partial charge in [0.1, 0.15) is 0 Å². The highest BCUT2D eigenvalue weighted by atomic mass is 32.2. The Morgan fingerprint density at radius 3 is 2.43 bits per heavy atom. The van der Waals surface area contributed by atoms with Crippen LogP contribution in [0.15, 0.2) is 0 Å².